The number of thioether (sulfide) groups is 1. The van der Waals surface area contributed by atoms with E-state index in [9.17, 15) is 4.79 Å². The Hall–Kier alpha value is -1.45. The maximum atomic E-state index is 12.1. The zero-order valence-electron chi connectivity index (χ0n) is 12.0. The molecule has 110 valence electrons. The minimum atomic E-state index is 0.151. The molecular weight excluding hydrogens is 302 g/mol. The van der Waals surface area contributed by atoms with Crippen LogP contribution in [0.25, 0.3) is 0 Å². The molecule has 0 aromatic heterocycles. The molecule has 2 rings (SSSR count). The molecule has 0 spiro atoms. The molecule has 0 unspecified atom stereocenters. The van der Waals surface area contributed by atoms with Crippen LogP contribution >= 0.6 is 23.4 Å². The Morgan fingerprint density at radius 1 is 1.05 bits per heavy atom. The molecule has 2 nitrogen and oxygen atoms in total. The Morgan fingerprint density at radius 3 is 2.38 bits per heavy atom. The largest absolute Gasteiger partial charge is 0.341 e. The molecule has 1 amide bonds. The molecule has 0 saturated carbocycles. The normalized spacial score (nSPS) is 10.4. The molecule has 0 heterocycles. The van der Waals surface area contributed by atoms with Gasteiger partial charge in [-0.1, -0.05) is 54.1 Å². The van der Waals surface area contributed by atoms with Crippen LogP contribution in [0.1, 0.15) is 11.1 Å². The number of nitrogens with zero attached hydrogens (tertiary/aromatic N) is 1. The van der Waals surface area contributed by atoms with E-state index >= 15 is 0 Å². The highest BCUT2D eigenvalue weighted by Gasteiger charge is 2.09. The van der Waals surface area contributed by atoms with Gasteiger partial charge in [0, 0.05) is 24.4 Å². The number of rotatable bonds is 6. The second-order valence-corrected chi connectivity index (χ2v) is 6.28. The fraction of sp³-hybridized carbons (Fsp3) is 0.235. The predicted octanol–water partition coefficient (Wildman–Crippen LogP) is 4.23. The van der Waals surface area contributed by atoms with E-state index < -0.39 is 0 Å². The summed E-state index contributed by atoms with van der Waals surface area (Å²) in [6, 6.07) is 17.8. The van der Waals surface area contributed by atoms with Gasteiger partial charge in [-0.2, -0.15) is 0 Å². The van der Waals surface area contributed by atoms with Crippen LogP contribution in [-0.4, -0.2) is 23.6 Å². The molecule has 0 N–H and O–H groups in total. The Morgan fingerprint density at radius 2 is 1.71 bits per heavy atom. The summed E-state index contributed by atoms with van der Waals surface area (Å²) in [6.07, 6.45) is 0. The summed E-state index contributed by atoms with van der Waals surface area (Å²) in [7, 11) is 1.85. The topological polar surface area (TPSA) is 20.3 Å². The third-order valence-corrected chi connectivity index (χ3v) is 4.34. The van der Waals surface area contributed by atoms with Gasteiger partial charge in [-0.3, -0.25) is 4.79 Å². The van der Waals surface area contributed by atoms with E-state index in [-0.39, 0.29) is 5.91 Å². The van der Waals surface area contributed by atoms with Crippen LogP contribution in [0.3, 0.4) is 0 Å². The lowest BCUT2D eigenvalue weighted by atomic mass is 10.2. The van der Waals surface area contributed by atoms with Gasteiger partial charge in [0.15, 0.2) is 0 Å². The van der Waals surface area contributed by atoms with Crippen molar-refractivity contribution in [3.8, 4) is 0 Å². The zero-order chi connectivity index (χ0) is 15.1. The molecule has 0 aliphatic rings. The highest BCUT2D eigenvalue weighted by atomic mass is 35.5. The Balaban J connectivity index is 1.75. The lowest BCUT2D eigenvalue weighted by Gasteiger charge is -2.17. The van der Waals surface area contributed by atoms with Crippen molar-refractivity contribution in [3.05, 3.63) is 70.7 Å². The van der Waals surface area contributed by atoms with Crippen molar-refractivity contribution in [2.24, 2.45) is 0 Å². The highest BCUT2D eigenvalue weighted by Crippen LogP contribution is 2.16. The number of hydrogen-bond donors (Lipinski definition) is 0. The number of hydrogen-bond acceptors (Lipinski definition) is 2. The minimum Gasteiger partial charge on any atom is -0.341 e. The lowest BCUT2D eigenvalue weighted by molar-refractivity contribution is -0.127. The molecule has 0 atom stereocenters. The predicted molar refractivity (Wildman–Crippen MR) is 90.5 cm³/mol. The first-order chi connectivity index (χ1) is 10.1. The third kappa shape index (κ3) is 5.44. The van der Waals surface area contributed by atoms with Crippen LogP contribution in [0.4, 0.5) is 0 Å². The van der Waals surface area contributed by atoms with E-state index in [4.69, 9.17) is 11.6 Å². The van der Waals surface area contributed by atoms with Crippen LogP contribution in [0, 0.1) is 0 Å². The summed E-state index contributed by atoms with van der Waals surface area (Å²) >= 11 is 7.47. The van der Waals surface area contributed by atoms with Gasteiger partial charge in [-0.25, -0.2) is 0 Å². The van der Waals surface area contributed by atoms with Gasteiger partial charge >= 0.3 is 0 Å². The van der Waals surface area contributed by atoms with E-state index in [1.54, 1.807) is 16.7 Å². The van der Waals surface area contributed by atoms with E-state index in [0.29, 0.717) is 12.3 Å². The molecule has 21 heavy (non-hydrogen) atoms. The molecule has 0 fully saturated rings. The summed E-state index contributed by atoms with van der Waals surface area (Å²) in [4.78, 5) is 13.8. The van der Waals surface area contributed by atoms with Crippen molar-refractivity contribution >= 4 is 29.3 Å². The summed E-state index contributed by atoms with van der Waals surface area (Å²) < 4.78 is 0. The lowest BCUT2D eigenvalue weighted by Crippen LogP contribution is -2.27. The average Bonchev–Trinajstić information content (AvgIpc) is 2.50. The molecule has 2 aromatic carbocycles. The summed E-state index contributed by atoms with van der Waals surface area (Å²) in [5.41, 5.74) is 2.33. The SMILES string of the molecule is CN(Cc1ccccc1)C(=O)CSCc1ccc(Cl)cc1. The van der Waals surface area contributed by atoms with Crippen molar-refractivity contribution in [1.29, 1.82) is 0 Å². The third-order valence-electron chi connectivity index (χ3n) is 3.10. The number of carbonyl (C=O) groups excluding carboxylic acids is 1. The monoisotopic (exact) mass is 319 g/mol. The van der Waals surface area contributed by atoms with Crippen molar-refractivity contribution in [3.63, 3.8) is 0 Å². The van der Waals surface area contributed by atoms with E-state index in [1.807, 2.05) is 61.6 Å². The van der Waals surface area contributed by atoms with E-state index in [1.165, 1.54) is 5.56 Å². The number of benzene rings is 2. The van der Waals surface area contributed by atoms with E-state index in [0.717, 1.165) is 16.3 Å². The quantitative estimate of drug-likeness (QED) is 0.794. The standard InChI is InChI=1S/C17H18ClNOS/c1-19(11-14-5-3-2-4-6-14)17(20)13-21-12-15-7-9-16(18)10-8-15/h2-10H,11-13H2,1H3. The van der Waals surface area contributed by atoms with Crippen molar-refractivity contribution in [1.82, 2.24) is 4.90 Å². The second-order valence-electron chi connectivity index (χ2n) is 4.85. The van der Waals surface area contributed by atoms with Crippen LogP contribution in [-0.2, 0) is 17.1 Å². The molecule has 0 aliphatic heterocycles. The highest BCUT2D eigenvalue weighted by molar-refractivity contribution is 7.99. The number of carbonyl (C=O) groups is 1. The zero-order valence-corrected chi connectivity index (χ0v) is 13.5. The van der Waals surface area contributed by atoms with Crippen molar-refractivity contribution in [2.45, 2.75) is 12.3 Å². The van der Waals surface area contributed by atoms with Crippen LogP contribution in [0.2, 0.25) is 5.02 Å². The average molecular weight is 320 g/mol. The summed E-state index contributed by atoms with van der Waals surface area (Å²) in [5.74, 6) is 1.46. The van der Waals surface area contributed by atoms with Crippen LogP contribution in [0.5, 0.6) is 0 Å². The Kier molecular flexibility index (Phi) is 6.15. The van der Waals surface area contributed by atoms with Crippen molar-refractivity contribution in [2.75, 3.05) is 12.8 Å². The Labute approximate surface area is 135 Å². The maximum absolute atomic E-state index is 12.1. The molecule has 2 aromatic rings. The molecule has 0 bridgehead atoms. The number of halogens is 1. The maximum Gasteiger partial charge on any atom is 0.232 e. The smallest absolute Gasteiger partial charge is 0.232 e. The Bertz CT molecular complexity index is 571. The van der Waals surface area contributed by atoms with Crippen LogP contribution < -0.4 is 0 Å². The van der Waals surface area contributed by atoms with E-state index in [2.05, 4.69) is 0 Å². The molecular formula is C17H18ClNOS. The van der Waals surface area contributed by atoms with Gasteiger partial charge in [0.05, 0.1) is 5.75 Å². The van der Waals surface area contributed by atoms with Gasteiger partial charge in [0.1, 0.15) is 0 Å². The molecule has 4 heteroatoms. The van der Waals surface area contributed by atoms with Gasteiger partial charge in [-0.15, -0.1) is 11.8 Å². The molecule has 0 saturated heterocycles. The van der Waals surface area contributed by atoms with Gasteiger partial charge in [-0.05, 0) is 23.3 Å². The van der Waals surface area contributed by atoms with Gasteiger partial charge in [0.25, 0.3) is 0 Å². The fourth-order valence-corrected chi connectivity index (χ4v) is 2.94. The molecule has 0 aliphatic carbocycles. The first-order valence-corrected chi connectivity index (χ1v) is 8.28. The van der Waals surface area contributed by atoms with Crippen LogP contribution in [0.15, 0.2) is 54.6 Å². The first-order valence-electron chi connectivity index (χ1n) is 6.75. The second kappa shape index (κ2) is 8.11. The molecule has 0 radical (unpaired) electrons. The fourth-order valence-electron chi connectivity index (χ4n) is 1.89. The number of amides is 1. The summed E-state index contributed by atoms with van der Waals surface area (Å²) in [6.45, 7) is 0.654. The van der Waals surface area contributed by atoms with Gasteiger partial charge in [0.2, 0.25) is 5.91 Å². The minimum absolute atomic E-state index is 0.151. The summed E-state index contributed by atoms with van der Waals surface area (Å²) in [5, 5.41) is 0.738. The van der Waals surface area contributed by atoms with Crippen molar-refractivity contribution < 1.29 is 4.79 Å². The first kappa shape index (κ1) is 15.9. The van der Waals surface area contributed by atoms with Gasteiger partial charge < -0.3 is 4.90 Å².